The molecule has 3 aliphatic rings. The highest BCUT2D eigenvalue weighted by atomic mass is 16.2. The first kappa shape index (κ1) is 59.9. The van der Waals surface area contributed by atoms with Gasteiger partial charge in [0.05, 0.1) is 18.1 Å². The molecule has 14 nitrogen and oxygen atoms in total. The SMILES string of the molecule is CC[C@@H](C)C(=O)N[C@H](C(=O)N1Cc2ccccc2C[C@H]1CN(CCc1ccc2ccccc2c1)C(=O)c1ccc(C(=O)N[C@H]2C[C@@H](C(=O)N[C@@H]3CCCc4ccccc43)N(C(=O)[C@@H](CC(=O)[C@H](C)NC)C(C)(C)C)C2)cc1)C(C)(C)C. The summed E-state index contributed by atoms with van der Waals surface area (Å²) in [6.07, 6.45) is 4.44. The zero-order chi connectivity index (χ0) is 58.3. The molecule has 8 atom stereocenters. The van der Waals surface area contributed by atoms with Crippen molar-refractivity contribution in [1.29, 1.82) is 0 Å². The lowest BCUT2D eigenvalue weighted by Gasteiger charge is -2.43. The minimum Gasteiger partial charge on any atom is -0.347 e. The monoisotopic (exact) mass is 1100 g/mol. The van der Waals surface area contributed by atoms with Gasteiger partial charge in [0.1, 0.15) is 17.9 Å². The summed E-state index contributed by atoms with van der Waals surface area (Å²) in [4.78, 5) is 106. The third-order valence-electron chi connectivity index (χ3n) is 17.3. The average molecular weight is 1100 g/mol. The molecule has 81 heavy (non-hydrogen) atoms. The molecule has 14 heteroatoms. The molecule has 5 aromatic rings. The summed E-state index contributed by atoms with van der Waals surface area (Å²) >= 11 is 0. The van der Waals surface area contributed by atoms with Gasteiger partial charge in [-0.1, -0.05) is 146 Å². The van der Waals surface area contributed by atoms with Crippen molar-refractivity contribution in [3.05, 3.63) is 154 Å². The van der Waals surface area contributed by atoms with Gasteiger partial charge in [0.15, 0.2) is 0 Å². The minimum absolute atomic E-state index is 0.00499. The van der Waals surface area contributed by atoms with Crippen molar-refractivity contribution >= 4 is 52.0 Å². The number of carbonyl (C=O) groups excluding carboxylic acids is 7. The Balaban J connectivity index is 1.05. The minimum atomic E-state index is -0.897. The van der Waals surface area contributed by atoms with Crippen LogP contribution < -0.4 is 21.3 Å². The molecule has 1 aliphatic carbocycles. The summed E-state index contributed by atoms with van der Waals surface area (Å²) < 4.78 is 0. The van der Waals surface area contributed by atoms with E-state index in [4.69, 9.17) is 0 Å². The highest BCUT2D eigenvalue weighted by Gasteiger charge is 2.46. The molecular formula is C67H85N7O7. The number of aryl methyl sites for hydroxylation is 1. The molecule has 6 amide bonds. The fourth-order valence-electron chi connectivity index (χ4n) is 11.8. The molecule has 0 bridgehead atoms. The van der Waals surface area contributed by atoms with Crippen molar-refractivity contribution in [3.63, 3.8) is 0 Å². The number of likely N-dealkylation sites (N-methyl/N-ethyl adjacent to an activating group) is 1. The van der Waals surface area contributed by atoms with Gasteiger partial charge in [0, 0.05) is 61.6 Å². The van der Waals surface area contributed by atoms with Crippen LogP contribution in [0.1, 0.15) is 149 Å². The Morgan fingerprint density at radius 3 is 2.05 bits per heavy atom. The van der Waals surface area contributed by atoms with Crippen LogP contribution in [0, 0.1) is 22.7 Å². The molecule has 0 unspecified atom stereocenters. The molecule has 1 saturated heterocycles. The number of nitrogens with zero attached hydrogens (tertiary/aromatic N) is 3. The third-order valence-corrected chi connectivity index (χ3v) is 17.3. The molecule has 0 spiro atoms. The number of ketones is 1. The summed E-state index contributed by atoms with van der Waals surface area (Å²) in [6, 6.07) is 33.8. The van der Waals surface area contributed by atoms with Gasteiger partial charge >= 0.3 is 0 Å². The smallest absolute Gasteiger partial charge is 0.253 e. The molecule has 0 saturated carbocycles. The number of hydrogen-bond acceptors (Lipinski definition) is 8. The Morgan fingerprint density at radius 2 is 1.37 bits per heavy atom. The van der Waals surface area contributed by atoms with Crippen LogP contribution in [0.25, 0.3) is 10.8 Å². The van der Waals surface area contributed by atoms with E-state index in [0.717, 1.165) is 52.3 Å². The van der Waals surface area contributed by atoms with Gasteiger partial charge < -0.3 is 36.0 Å². The number of carbonyl (C=O) groups is 7. The van der Waals surface area contributed by atoms with E-state index in [-0.39, 0.29) is 73.2 Å². The first-order chi connectivity index (χ1) is 38.5. The van der Waals surface area contributed by atoms with Gasteiger partial charge in [-0.15, -0.1) is 0 Å². The number of fused-ring (bicyclic) bond motifs is 3. The first-order valence-corrected chi connectivity index (χ1v) is 29.3. The second-order valence-electron chi connectivity index (χ2n) is 25.1. The summed E-state index contributed by atoms with van der Waals surface area (Å²) in [7, 11) is 1.71. The average Bonchev–Trinajstić information content (AvgIpc) is 4.08. The van der Waals surface area contributed by atoms with Crippen LogP contribution in [0.5, 0.6) is 0 Å². The lowest BCUT2D eigenvalue weighted by Crippen LogP contribution is -2.60. The molecule has 0 radical (unpaired) electrons. The zero-order valence-corrected chi connectivity index (χ0v) is 49.3. The molecule has 4 N–H and O–H groups in total. The van der Waals surface area contributed by atoms with E-state index in [0.29, 0.717) is 43.5 Å². The Morgan fingerprint density at radius 1 is 0.716 bits per heavy atom. The van der Waals surface area contributed by atoms with Crippen LogP contribution in [0.4, 0.5) is 0 Å². The standard InChI is InChI=1S/C67H85N7O7/c1-11-42(2)60(76)71-59(67(7,8)9)65(81)73-39-51-23-15-14-22-50(51)36-53(73)41-72(34-33-44-27-28-45-19-12-13-21-49(45)35-44)63(79)48-31-29-47(30-32-48)61(77)69-52-37-57(62(78)70-56-26-18-24-46-20-16-17-25-54(46)56)74(40-52)64(80)55(66(4,5)6)38-58(75)43(3)68-10/h12-17,19-23,25,27-32,35,42-43,52-53,55-57,59,68H,11,18,24,26,33-34,36-41H2,1-10H3,(H,69,77)(H,70,78)(H,71,76)/t42-,43+,52+,53+,55-,56-,57+,59-/m1/s1. The largest absolute Gasteiger partial charge is 0.347 e. The fourth-order valence-corrected chi connectivity index (χ4v) is 11.8. The van der Waals surface area contributed by atoms with E-state index < -0.39 is 52.9 Å². The van der Waals surface area contributed by atoms with Gasteiger partial charge in [-0.05, 0) is 133 Å². The third kappa shape index (κ3) is 14.3. The second kappa shape index (κ2) is 25.7. The summed E-state index contributed by atoms with van der Waals surface area (Å²) in [5.74, 6) is -2.76. The van der Waals surface area contributed by atoms with Gasteiger partial charge in [-0.2, -0.15) is 0 Å². The molecular weight excluding hydrogens is 1010 g/mol. The molecule has 5 aromatic carbocycles. The van der Waals surface area contributed by atoms with Crippen molar-refractivity contribution in [2.75, 3.05) is 26.7 Å². The molecule has 2 aliphatic heterocycles. The number of hydrogen-bond donors (Lipinski definition) is 4. The number of rotatable bonds is 19. The van der Waals surface area contributed by atoms with Gasteiger partial charge in [0.2, 0.25) is 23.6 Å². The Kier molecular flexibility index (Phi) is 19.0. The van der Waals surface area contributed by atoms with Crippen molar-refractivity contribution in [2.24, 2.45) is 22.7 Å². The quantitative estimate of drug-likeness (QED) is 0.0633. The van der Waals surface area contributed by atoms with Crippen molar-refractivity contribution in [1.82, 2.24) is 36.0 Å². The number of Topliss-reactive ketones (excluding diaryl/α,β-unsaturated/α-hetero) is 1. The maximum Gasteiger partial charge on any atom is 0.253 e. The highest BCUT2D eigenvalue weighted by Crippen LogP contribution is 2.36. The fraction of sp³-hybridized carbons (Fsp3) is 0.478. The number of likely N-dealkylation sites (tertiary alicyclic amines) is 1. The van der Waals surface area contributed by atoms with E-state index in [2.05, 4.69) is 63.7 Å². The van der Waals surface area contributed by atoms with E-state index >= 15 is 9.59 Å². The summed E-state index contributed by atoms with van der Waals surface area (Å²) in [6.45, 7) is 18.2. The molecule has 0 aromatic heterocycles. The molecule has 2 heterocycles. The van der Waals surface area contributed by atoms with Gasteiger partial charge in [-0.25, -0.2) is 0 Å². The van der Waals surface area contributed by atoms with Crippen LogP contribution in [0.3, 0.4) is 0 Å². The topological polar surface area (TPSA) is 177 Å². The lowest BCUT2D eigenvalue weighted by molar-refractivity contribution is -0.146. The number of nitrogens with one attached hydrogen (secondary N) is 4. The molecule has 430 valence electrons. The first-order valence-electron chi connectivity index (χ1n) is 29.3. The normalized spacial score (nSPS) is 19.5. The maximum absolute atomic E-state index is 15.1. The second-order valence-corrected chi connectivity index (χ2v) is 25.1. The van der Waals surface area contributed by atoms with E-state index in [1.54, 1.807) is 43.1 Å². The maximum atomic E-state index is 15.1. The summed E-state index contributed by atoms with van der Waals surface area (Å²) in [5, 5.41) is 14.7. The van der Waals surface area contributed by atoms with Crippen LogP contribution in [-0.2, 0) is 49.8 Å². The summed E-state index contributed by atoms with van der Waals surface area (Å²) in [5.41, 5.74) is 4.86. The van der Waals surface area contributed by atoms with Crippen LogP contribution in [0.2, 0.25) is 0 Å². The van der Waals surface area contributed by atoms with Gasteiger partial charge in [-0.3, -0.25) is 33.6 Å². The van der Waals surface area contributed by atoms with Crippen molar-refractivity contribution < 1.29 is 33.6 Å². The van der Waals surface area contributed by atoms with Crippen molar-refractivity contribution in [3.8, 4) is 0 Å². The molecule has 1 fully saturated rings. The van der Waals surface area contributed by atoms with Crippen LogP contribution >= 0.6 is 0 Å². The van der Waals surface area contributed by atoms with Gasteiger partial charge in [0.25, 0.3) is 11.8 Å². The molecule has 8 rings (SSSR count). The lowest BCUT2D eigenvalue weighted by atomic mass is 9.76. The Bertz CT molecular complexity index is 3110. The predicted molar refractivity (Wildman–Crippen MR) is 318 cm³/mol. The van der Waals surface area contributed by atoms with Crippen LogP contribution in [-0.4, -0.2) is 113 Å². The Labute approximate surface area is 479 Å². The number of amides is 6. The predicted octanol–water partition coefficient (Wildman–Crippen LogP) is 9.18. The Hall–Kier alpha value is -7.19. The highest BCUT2D eigenvalue weighted by molar-refractivity contribution is 5.99. The zero-order valence-electron chi connectivity index (χ0n) is 49.3. The van der Waals surface area contributed by atoms with E-state index in [9.17, 15) is 24.0 Å². The van der Waals surface area contributed by atoms with Crippen LogP contribution in [0.15, 0.2) is 115 Å². The van der Waals surface area contributed by atoms with E-state index in [1.807, 2.05) is 114 Å². The van der Waals surface area contributed by atoms with Crippen molar-refractivity contribution in [2.45, 2.75) is 156 Å². The van der Waals surface area contributed by atoms with E-state index in [1.165, 1.54) is 5.56 Å². The number of benzene rings is 5.